The van der Waals surface area contributed by atoms with Crippen LogP contribution in [0.25, 0.3) is 6.08 Å². The summed E-state index contributed by atoms with van der Waals surface area (Å²) in [4.78, 5) is 37.5. The molecule has 0 fully saturated rings. The third-order valence-corrected chi connectivity index (χ3v) is 4.83. The van der Waals surface area contributed by atoms with Gasteiger partial charge in [0.05, 0.1) is 43.1 Å². The SMILES string of the molecule is COC(=O)C1=C(C)N(c2ccc(OC)c(OC)c2)C(=O)/C1=C\c1ccc([N+](=O)[O-])cc1. The highest BCUT2D eigenvalue weighted by Gasteiger charge is 2.38. The van der Waals surface area contributed by atoms with Crippen LogP contribution in [0, 0.1) is 10.1 Å². The molecule has 0 aromatic heterocycles. The Morgan fingerprint density at radius 1 is 1.03 bits per heavy atom. The van der Waals surface area contributed by atoms with Crippen LogP contribution in [0.15, 0.2) is 59.3 Å². The molecule has 0 saturated carbocycles. The van der Waals surface area contributed by atoms with Crippen molar-refractivity contribution in [3.63, 3.8) is 0 Å². The molecule has 0 aliphatic carbocycles. The lowest BCUT2D eigenvalue weighted by molar-refractivity contribution is -0.384. The molecule has 0 radical (unpaired) electrons. The maximum absolute atomic E-state index is 13.3. The molecule has 0 saturated heterocycles. The van der Waals surface area contributed by atoms with Gasteiger partial charge < -0.3 is 14.2 Å². The second kappa shape index (κ2) is 8.70. The fourth-order valence-electron chi connectivity index (χ4n) is 3.31. The van der Waals surface area contributed by atoms with Crippen LogP contribution < -0.4 is 14.4 Å². The molecule has 0 bridgehead atoms. The number of amides is 1. The normalized spacial score (nSPS) is 14.8. The van der Waals surface area contributed by atoms with E-state index in [9.17, 15) is 19.7 Å². The number of hydrogen-bond donors (Lipinski definition) is 0. The number of ether oxygens (including phenoxy) is 3. The van der Waals surface area contributed by atoms with Gasteiger partial charge in [-0.25, -0.2) is 4.79 Å². The molecule has 1 amide bonds. The van der Waals surface area contributed by atoms with Gasteiger partial charge >= 0.3 is 5.97 Å². The van der Waals surface area contributed by atoms with Gasteiger partial charge in [0.15, 0.2) is 11.5 Å². The fraction of sp³-hybridized carbons (Fsp3) is 0.182. The fourth-order valence-corrected chi connectivity index (χ4v) is 3.31. The molecule has 0 unspecified atom stereocenters. The van der Waals surface area contributed by atoms with E-state index in [0.29, 0.717) is 28.4 Å². The smallest absolute Gasteiger partial charge is 0.340 e. The first-order valence-electron chi connectivity index (χ1n) is 9.14. The molecule has 3 rings (SSSR count). The van der Waals surface area contributed by atoms with Gasteiger partial charge in [-0.2, -0.15) is 0 Å². The second-order valence-corrected chi connectivity index (χ2v) is 6.54. The Kier molecular flexibility index (Phi) is 6.05. The largest absolute Gasteiger partial charge is 0.493 e. The molecule has 1 aliphatic rings. The van der Waals surface area contributed by atoms with Gasteiger partial charge in [0, 0.05) is 23.9 Å². The molecule has 9 nitrogen and oxygen atoms in total. The first kappa shape index (κ1) is 21.6. The van der Waals surface area contributed by atoms with Crippen LogP contribution >= 0.6 is 0 Å². The number of methoxy groups -OCH3 is 3. The number of carbonyl (C=O) groups excluding carboxylic acids is 2. The number of hydrogen-bond acceptors (Lipinski definition) is 7. The number of anilines is 1. The van der Waals surface area contributed by atoms with Crippen molar-refractivity contribution in [2.75, 3.05) is 26.2 Å². The highest BCUT2D eigenvalue weighted by molar-refractivity contribution is 6.23. The average Bonchev–Trinajstić information content (AvgIpc) is 3.02. The highest BCUT2D eigenvalue weighted by Crippen LogP contribution is 2.39. The van der Waals surface area contributed by atoms with Crippen LogP contribution in [0.1, 0.15) is 12.5 Å². The topological polar surface area (TPSA) is 108 Å². The lowest BCUT2D eigenvalue weighted by atomic mass is 10.0. The molecular weight excluding hydrogens is 404 g/mol. The van der Waals surface area contributed by atoms with Crippen molar-refractivity contribution in [3.05, 3.63) is 75.0 Å². The van der Waals surface area contributed by atoms with Gasteiger partial charge in [0.25, 0.3) is 11.6 Å². The summed E-state index contributed by atoms with van der Waals surface area (Å²) in [6.45, 7) is 1.64. The Morgan fingerprint density at radius 2 is 1.68 bits per heavy atom. The van der Waals surface area contributed by atoms with E-state index >= 15 is 0 Å². The Morgan fingerprint density at radius 3 is 2.23 bits per heavy atom. The third kappa shape index (κ3) is 3.97. The number of benzene rings is 2. The Bertz CT molecular complexity index is 1120. The number of allylic oxidation sites excluding steroid dienone is 1. The van der Waals surface area contributed by atoms with E-state index in [1.165, 1.54) is 56.6 Å². The zero-order chi connectivity index (χ0) is 22.7. The van der Waals surface area contributed by atoms with E-state index in [4.69, 9.17) is 14.2 Å². The van der Waals surface area contributed by atoms with Crippen LogP contribution in [0.2, 0.25) is 0 Å². The number of nitrogens with zero attached hydrogens (tertiary/aromatic N) is 2. The van der Waals surface area contributed by atoms with Crippen molar-refractivity contribution < 1.29 is 28.7 Å². The van der Waals surface area contributed by atoms with E-state index in [1.54, 1.807) is 25.1 Å². The van der Waals surface area contributed by atoms with Crippen LogP contribution in [0.5, 0.6) is 11.5 Å². The maximum Gasteiger partial charge on any atom is 0.340 e. The van der Waals surface area contributed by atoms with Crippen LogP contribution in [0.4, 0.5) is 11.4 Å². The summed E-state index contributed by atoms with van der Waals surface area (Å²) in [5.74, 6) is -0.187. The molecule has 31 heavy (non-hydrogen) atoms. The lowest BCUT2D eigenvalue weighted by Crippen LogP contribution is -2.24. The average molecular weight is 424 g/mol. The molecule has 2 aromatic rings. The highest BCUT2D eigenvalue weighted by atomic mass is 16.6. The van der Waals surface area contributed by atoms with Crippen molar-refractivity contribution in [2.24, 2.45) is 0 Å². The summed E-state index contributed by atoms with van der Waals surface area (Å²) < 4.78 is 15.4. The lowest BCUT2D eigenvalue weighted by Gasteiger charge is -2.19. The number of nitro benzene ring substituents is 1. The quantitative estimate of drug-likeness (QED) is 0.302. The van der Waals surface area contributed by atoms with Crippen molar-refractivity contribution in [3.8, 4) is 11.5 Å². The minimum atomic E-state index is -0.665. The molecule has 2 aromatic carbocycles. The summed E-state index contributed by atoms with van der Waals surface area (Å²) in [6.07, 6.45) is 1.50. The second-order valence-electron chi connectivity index (χ2n) is 6.54. The minimum Gasteiger partial charge on any atom is -0.493 e. The first-order valence-corrected chi connectivity index (χ1v) is 9.14. The van der Waals surface area contributed by atoms with Crippen molar-refractivity contribution >= 4 is 29.3 Å². The van der Waals surface area contributed by atoms with Crippen molar-refractivity contribution in [1.29, 1.82) is 0 Å². The summed E-state index contributed by atoms with van der Waals surface area (Å²) in [7, 11) is 4.22. The van der Waals surface area contributed by atoms with E-state index in [2.05, 4.69) is 0 Å². The zero-order valence-electron chi connectivity index (χ0n) is 17.4. The molecule has 0 spiro atoms. The van der Waals surface area contributed by atoms with Crippen molar-refractivity contribution in [2.45, 2.75) is 6.92 Å². The summed E-state index contributed by atoms with van der Waals surface area (Å²) >= 11 is 0. The number of rotatable bonds is 6. The van der Waals surface area contributed by atoms with E-state index in [-0.39, 0.29) is 16.8 Å². The summed E-state index contributed by atoms with van der Waals surface area (Å²) in [5, 5.41) is 10.9. The molecular formula is C22H20N2O7. The number of carbonyl (C=O) groups is 2. The molecule has 1 aliphatic heterocycles. The van der Waals surface area contributed by atoms with E-state index in [1.807, 2.05) is 0 Å². The predicted octanol–water partition coefficient (Wildman–Crippen LogP) is 3.49. The maximum atomic E-state index is 13.3. The van der Waals surface area contributed by atoms with Gasteiger partial charge in [0.1, 0.15) is 0 Å². The standard InChI is InChI=1S/C22H20N2O7/c1-13-20(22(26)31-4)17(11-14-5-7-15(8-6-14)24(27)28)21(25)23(13)16-9-10-18(29-2)19(12-16)30-3/h5-12H,1-4H3/b17-11-. The van der Waals surface area contributed by atoms with Gasteiger partial charge in [-0.1, -0.05) is 0 Å². The summed E-state index contributed by atoms with van der Waals surface area (Å²) in [5.41, 5.74) is 1.54. The first-order chi connectivity index (χ1) is 14.8. The van der Waals surface area contributed by atoms with Crippen LogP contribution in [-0.2, 0) is 14.3 Å². The van der Waals surface area contributed by atoms with E-state index in [0.717, 1.165) is 0 Å². The monoisotopic (exact) mass is 424 g/mol. The van der Waals surface area contributed by atoms with Gasteiger partial charge in [0.2, 0.25) is 0 Å². The predicted molar refractivity (Wildman–Crippen MR) is 113 cm³/mol. The number of esters is 1. The number of non-ortho nitro benzene ring substituents is 1. The molecule has 1 heterocycles. The van der Waals surface area contributed by atoms with Gasteiger partial charge in [-0.3, -0.25) is 19.8 Å². The van der Waals surface area contributed by atoms with Crippen molar-refractivity contribution in [1.82, 2.24) is 0 Å². The van der Waals surface area contributed by atoms with Gasteiger partial charge in [-0.15, -0.1) is 0 Å². The summed E-state index contributed by atoms with van der Waals surface area (Å²) in [6, 6.07) is 10.6. The zero-order valence-corrected chi connectivity index (χ0v) is 17.4. The molecule has 160 valence electrons. The van der Waals surface area contributed by atoms with Crippen LogP contribution in [0.3, 0.4) is 0 Å². The molecule has 9 heteroatoms. The van der Waals surface area contributed by atoms with Crippen LogP contribution in [-0.4, -0.2) is 38.1 Å². The Hall–Kier alpha value is -4.14. The minimum absolute atomic E-state index is 0.0771. The van der Waals surface area contributed by atoms with E-state index < -0.39 is 16.8 Å². The van der Waals surface area contributed by atoms with Gasteiger partial charge in [-0.05, 0) is 42.8 Å². The third-order valence-electron chi connectivity index (χ3n) is 4.83. The Balaban J connectivity index is 2.10. The number of nitro groups is 1. The Labute approximate surface area is 178 Å². The molecule has 0 atom stereocenters. The molecule has 0 N–H and O–H groups in total.